The van der Waals surface area contributed by atoms with Crippen molar-refractivity contribution in [3.8, 4) is 17.0 Å². The number of aromatic nitrogens is 2. The van der Waals surface area contributed by atoms with Crippen LogP contribution in [0.4, 0.5) is 0 Å². The van der Waals surface area contributed by atoms with Gasteiger partial charge in [0.25, 0.3) is 0 Å². The number of aliphatic carboxylic acids is 1. The van der Waals surface area contributed by atoms with Gasteiger partial charge in [-0.05, 0) is 81.3 Å². The number of benzene rings is 2. The van der Waals surface area contributed by atoms with Crippen LogP contribution in [0.5, 0.6) is 5.88 Å². The summed E-state index contributed by atoms with van der Waals surface area (Å²) in [6.07, 6.45) is -1.23. The van der Waals surface area contributed by atoms with Crippen molar-refractivity contribution in [3.63, 3.8) is 0 Å². The fourth-order valence-corrected chi connectivity index (χ4v) is 5.62. The van der Waals surface area contributed by atoms with Crippen LogP contribution in [-0.2, 0) is 9.53 Å². The Balaban J connectivity index is 1.98. The number of ether oxygens (including phenoxy) is 1. The lowest BCUT2D eigenvalue weighted by Gasteiger charge is -2.29. The second-order valence-electron chi connectivity index (χ2n) is 10.2. The number of pyridine rings is 2. The Hall–Kier alpha value is -3.55. The molecule has 0 aliphatic carbocycles. The van der Waals surface area contributed by atoms with E-state index < -0.39 is 17.7 Å². The Kier molecular flexibility index (Phi) is 5.73. The normalized spacial score (nSPS) is 13.1. The highest BCUT2D eigenvalue weighted by Gasteiger charge is 2.33. The number of hydrogen-bond acceptors (Lipinski definition) is 6. The zero-order chi connectivity index (χ0) is 25.9. The number of carboxylic acid groups (broad SMARTS) is 1. The molecule has 3 aromatic heterocycles. The highest BCUT2D eigenvalue weighted by atomic mass is 32.1. The number of rotatable bonds is 4. The van der Waals surface area contributed by atoms with Gasteiger partial charge in [0.05, 0.1) is 22.0 Å². The third-order valence-electron chi connectivity index (χ3n) is 6.45. The molecule has 0 bridgehead atoms. The van der Waals surface area contributed by atoms with Gasteiger partial charge in [-0.2, -0.15) is 0 Å². The number of carboxylic acids is 1. The van der Waals surface area contributed by atoms with Gasteiger partial charge in [0.15, 0.2) is 6.10 Å². The maximum Gasteiger partial charge on any atom is 0.337 e. The first-order valence-corrected chi connectivity index (χ1v) is 12.7. The van der Waals surface area contributed by atoms with Gasteiger partial charge in [0.2, 0.25) is 5.88 Å². The molecular formula is C29H28N2O4S. The third kappa shape index (κ3) is 3.98. The number of aryl methyl sites for hydroxylation is 3. The number of nitrogens with zero attached hydrogens (tertiary/aromatic N) is 2. The van der Waals surface area contributed by atoms with Crippen LogP contribution in [0, 0.1) is 20.8 Å². The zero-order valence-corrected chi connectivity index (χ0v) is 21.9. The van der Waals surface area contributed by atoms with E-state index in [0.717, 1.165) is 37.9 Å². The van der Waals surface area contributed by atoms with Crippen molar-refractivity contribution >= 4 is 49.3 Å². The van der Waals surface area contributed by atoms with Crippen molar-refractivity contribution in [2.75, 3.05) is 0 Å². The quantitative estimate of drug-likeness (QED) is 0.253. The van der Waals surface area contributed by atoms with E-state index in [0.29, 0.717) is 27.5 Å². The molecule has 36 heavy (non-hydrogen) atoms. The maximum atomic E-state index is 12.6. The molecule has 0 aliphatic rings. The molecule has 0 amide bonds. The third-order valence-corrected chi connectivity index (χ3v) is 7.27. The second kappa shape index (κ2) is 8.54. The predicted molar refractivity (Wildman–Crippen MR) is 145 cm³/mol. The molecule has 0 fully saturated rings. The lowest BCUT2D eigenvalue weighted by molar-refractivity contribution is -0.160. The first kappa shape index (κ1) is 24.2. The Labute approximate surface area is 213 Å². The Morgan fingerprint density at radius 3 is 2.33 bits per heavy atom. The predicted octanol–water partition coefficient (Wildman–Crippen LogP) is 7.24. The molecule has 5 aromatic rings. The summed E-state index contributed by atoms with van der Waals surface area (Å²) in [7, 11) is 0. The molecule has 7 heteroatoms. The molecule has 6 nitrogen and oxygen atoms in total. The number of hydrogen-bond donors (Lipinski definition) is 2. The average Bonchev–Trinajstić information content (AvgIpc) is 3.26. The molecule has 0 spiro atoms. The Bertz CT molecular complexity index is 1660. The van der Waals surface area contributed by atoms with E-state index in [4.69, 9.17) is 9.72 Å². The fraction of sp³-hybridized carbons (Fsp3) is 0.276. The van der Waals surface area contributed by atoms with E-state index in [1.807, 2.05) is 83.3 Å². The largest absolute Gasteiger partial charge is 0.493 e. The van der Waals surface area contributed by atoms with E-state index in [1.165, 1.54) is 11.3 Å². The highest BCUT2D eigenvalue weighted by Crippen LogP contribution is 2.44. The summed E-state index contributed by atoms with van der Waals surface area (Å²) < 4.78 is 6.12. The number of carbonyl (C=O) groups is 1. The first-order valence-electron chi connectivity index (χ1n) is 11.8. The van der Waals surface area contributed by atoms with Crippen molar-refractivity contribution in [3.05, 3.63) is 64.0 Å². The van der Waals surface area contributed by atoms with Crippen LogP contribution in [0.1, 0.15) is 49.1 Å². The first-order chi connectivity index (χ1) is 17.0. The molecule has 2 N–H and O–H groups in total. The van der Waals surface area contributed by atoms with Crippen molar-refractivity contribution < 1.29 is 19.7 Å². The number of thiophene rings is 1. The second-order valence-corrected chi connectivity index (χ2v) is 11.1. The van der Waals surface area contributed by atoms with Gasteiger partial charge in [-0.25, -0.2) is 14.8 Å². The summed E-state index contributed by atoms with van der Waals surface area (Å²) in [5.41, 5.74) is 5.29. The van der Waals surface area contributed by atoms with Crippen LogP contribution in [0.2, 0.25) is 0 Å². The van der Waals surface area contributed by atoms with Crippen molar-refractivity contribution in [2.45, 2.75) is 53.2 Å². The molecule has 2 aromatic carbocycles. The molecular weight excluding hydrogens is 472 g/mol. The fourth-order valence-electron chi connectivity index (χ4n) is 4.87. The summed E-state index contributed by atoms with van der Waals surface area (Å²) in [6.45, 7) is 11.3. The van der Waals surface area contributed by atoms with Crippen molar-refractivity contribution in [1.82, 2.24) is 9.97 Å². The van der Waals surface area contributed by atoms with E-state index in [2.05, 4.69) is 4.98 Å². The minimum Gasteiger partial charge on any atom is -0.493 e. The van der Waals surface area contributed by atoms with Gasteiger partial charge in [-0.15, -0.1) is 11.3 Å². The highest BCUT2D eigenvalue weighted by molar-refractivity contribution is 7.16. The van der Waals surface area contributed by atoms with Crippen LogP contribution in [0.25, 0.3) is 43.1 Å². The molecule has 5 rings (SSSR count). The molecule has 184 valence electrons. The average molecular weight is 501 g/mol. The SMILES string of the molecule is Cc1ccc(-c2c(C(OC(C)(C)C)C(=O)O)c(C)c3nc(O)c4cc5ccsc5nc4c3c2C)cc1. The molecule has 0 saturated carbocycles. The lowest BCUT2D eigenvalue weighted by atomic mass is 9.85. The van der Waals surface area contributed by atoms with Crippen molar-refractivity contribution in [1.29, 1.82) is 0 Å². The summed E-state index contributed by atoms with van der Waals surface area (Å²) in [6, 6.07) is 11.9. The van der Waals surface area contributed by atoms with Gasteiger partial charge in [0, 0.05) is 16.3 Å². The van der Waals surface area contributed by atoms with Gasteiger partial charge in [-0.1, -0.05) is 29.8 Å². The molecule has 3 heterocycles. The maximum absolute atomic E-state index is 12.6. The van der Waals surface area contributed by atoms with Gasteiger partial charge < -0.3 is 14.9 Å². The molecule has 0 saturated heterocycles. The van der Waals surface area contributed by atoms with Crippen LogP contribution in [0.15, 0.2) is 41.8 Å². The van der Waals surface area contributed by atoms with Crippen LogP contribution < -0.4 is 0 Å². The van der Waals surface area contributed by atoms with E-state index in [-0.39, 0.29) is 5.88 Å². The zero-order valence-electron chi connectivity index (χ0n) is 21.1. The summed E-state index contributed by atoms with van der Waals surface area (Å²) in [5, 5.41) is 25.5. The van der Waals surface area contributed by atoms with Gasteiger partial charge in [-0.3, -0.25) is 0 Å². The molecule has 1 atom stereocenters. The number of aromatic hydroxyl groups is 1. The van der Waals surface area contributed by atoms with Gasteiger partial charge in [0.1, 0.15) is 4.83 Å². The van der Waals surface area contributed by atoms with E-state index in [1.54, 1.807) is 0 Å². The van der Waals surface area contributed by atoms with Crippen LogP contribution in [0.3, 0.4) is 0 Å². The van der Waals surface area contributed by atoms with E-state index >= 15 is 0 Å². The summed E-state index contributed by atoms with van der Waals surface area (Å²) >= 11 is 1.54. The standard InChI is InChI=1S/C29H28N2O4S/c1-14-7-9-17(10-8-14)20-15(2)22-23(16(3)21(20)25(28(33)34)35-29(4,5)6)30-26(32)19-13-18-11-12-36-27(18)31-24(19)22/h7-13,25H,1-6H3,(H,30,32)(H,33,34). The topological polar surface area (TPSA) is 92.5 Å². The molecule has 0 aliphatic heterocycles. The van der Waals surface area contributed by atoms with Gasteiger partial charge >= 0.3 is 5.97 Å². The van der Waals surface area contributed by atoms with E-state index in [9.17, 15) is 15.0 Å². The summed E-state index contributed by atoms with van der Waals surface area (Å²) in [4.78, 5) is 23.0. The van der Waals surface area contributed by atoms with Crippen LogP contribution in [-0.4, -0.2) is 31.8 Å². The van der Waals surface area contributed by atoms with Crippen LogP contribution >= 0.6 is 11.3 Å². The molecule has 1 unspecified atom stereocenters. The minimum absolute atomic E-state index is 0.127. The molecule has 0 radical (unpaired) electrons. The number of fused-ring (bicyclic) bond motifs is 4. The Morgan fingerprint density at radius 2 is 1.69 bits per heavy atom. The lowest BCUT2D eigenvalue weighted by Crippen LogP contribution is -2.28. The summed E-state index contributed by atoms with van der Waals surface area (Å²) in [5.74, 6) is -1.21. The Morgan fingerprint density at radius 1 is 1.00 bits per heavy atom. The minimum atomic E-state index is -1.23. The smallest absolute Gasteiger partial charge is 0.337 e. The monoisotopic (exact) mass is 500 g/mol. The van der Waals surface area contributed by atoms with Crippen molar-refractivity contribution in [2.24, 2.45) is 0 Å².